The van der Waals surface area contributed by atoms with Crippen molar-refractivity contribution in [3.05, 3.63) is 70.4 Å². The molecule has 0 atom stereocenters. The lowest BCUT2D eigenvalue weighted by Gasteiger charge is -2.08. The zero-order chi connectivity index (χ0) is 16.4. The van der Waals surface area contributed by atoms with E-state index in [0.29, 0.717) is 22.0 Å². The highest BCUT2D eigenvalue weighted by Gasteiger charge is 2.22. The van der Waals surface area contributed by atoms with Crippen molar-refractivity contribution >= 4 is 23.2 Å². The standard InChI is InChI=1S/C18H15ClN2O2/c1-11-6-3-4-9-15(11)20-18(22)16-12(2)23-21-17(16)13-7-5-8-14(19)10-13/h3-10H,1-2H3,(H,20,22). The van der Waals surface area contributed by atoms with Crippen molar-refractivity contribution < 1.29 is 9.32 Å². The summed E-state index contributed by atoms with van der Waals surface area (Å²) >= 11 is 6.03. The van der Waals surface area contributed by atoms with Crippen molar-refractivity contribution in [3.8, 4) is 11.3 Å². The molecule has 0 spiro atoms. The van der Waals surface area contributed by atoms with Gasteiger partial charge in [-0.3, -0.25) is 4.79 Å². The van der Waals surface area contributed by atoms with Gasteiger partial charge in [-0.25, -0.2) is 0 Å². The maximum atomic E-state index is 12.7. The van der Waals surface area contributed by atoms with E-state index in [1.165, 1.54) is 0 Å². The van der Waals surface area contributed by atoms with Crippen LogP contribution in [0.5, 0.6) is 0 Å². The number of nitrogens with zero attached hydrogens (tertiary/aromatic N) is 1. The third kappa shape index (κ3) is 3.12. The SMILES string of the molecule is Cc1ccccc1NC(=O)c1c(-c2cccc(Cl)c2)noc1C. The predicted octanol–water partition coefficient (Wildman–Crippen LogP) is 4.86. The number of aromatic nitrogens is 1. The van der Waals surface area contributed by atoms with Crippen LogP contribution >= 0.6 is 11.6 Å². The van der Waals surface area contributed by atoms with Gasteiger partial charge in [0.2, 0.25) is 0 Å². The van der Waals surface area contributed by atoms with E-state index in [9.17, 15) is 4.79 Å². The molecule has 0 saturated carbocycles. The minimum Gasteiger partial charge on any atom is -0.360 e. The fourth-order valence-corrected chi connectivity index (χ4v) is 2.56. The summed E-state index contributed by atoms with van der Waals surface area (Å²) in [6.07, 6.45) is 0. The summed E-state index contributed by atoms with van der Waals surface area (Å²) in [6.45, 7) is 3.65. The monoisotopic (exact) mass is 326 g/mol. The molecule has 23 heavy (non-hydrogen) atoms. The maximum Gasteiger partial charge on any atom is 0.261 e. The Bertz CT molecular complexity index is 871. The van der Waals surface area contributed by atoms with E-state index in [4.69, 9.17) is 16.1 Å². The van der Waals surface area contributed by atoms with Crippen LogP contribution < -0.4 is 5.32 Å². The van der Waals surface area contributed by atoms with Crippen LogP contribution in [0.4, 0.5) is 5.69 Å². The van der Waals surface area contributed by atoms with Gasteiger partial charge in [0.05, 0.1) is 0 Å². The van der Waals surface area contributed by atoms with Gasteiger partial charge in [-0.15, -0.1) is 0 Å². The second-order valence-electron chi connectivity index (χ2n) is 5.24. The average Bonchev–Trinajstić information content (AvgIpc) is 2.91. The van der Waals surface area contributed by atoms with E-state index in [1.807, 2.05) is 43.3 Å². The first-order chi connectivity index (χ1) is 11.1. The molecule has 0 aliphatic rings. The number of nitrogens with one attached hydrogen (secondary N) is 1. The third-order valence-electron chi connectivity index (χ3n) is 3.58. The predicted molar refractivity (Wildman–Crippen MR) is 90.8 cm³/mol. The third-order valence-corrected chi connectivity index (χ3v) is 3.82. The second kappa shape index (κ2) is 6.26. The first-order valence-electron chi connectivity index (χ1n) is 7.15. The van der Waals surface area contributed by atoms with Gasteiger partial charge in [0.1, 0.15) is 17.0 Å². The molecular formula is C18H15ClN2O2. The van der Waals surface area contributed by atoms with Crippen LogP contribution in [0.25, 0.3) is 11.3 Å². The molecule has 5 heteroatoms. The first-order valence-corrected chi connectivity index (χ1v) is 7.53. The molecule has 1 N–H and O–H groups in total. The normalized spacial score (nSPS) is 10.6. The van der Waals surface area contributed by atoms with Crippen LogP contribution in [0, 0.1) is 13.8 Å². The number of amides is 1. The minimum atomic E-state index is -0.256. The number of aryl methyl sites for hydroxylation is 2. The van der Waals surface area contributed by atoms with Gasteiger partial charge in [-0.2, -0.15) is 0 Å². The van der Waals surface area contributed by atoms with Crippen molar-refractivity contribution in [1.82, 2.24) is 5.16 Å². The molecule has 1 heterocycles. The largest absolute Gasteiger partial charge is 0.360 e. The summed E-state index contributed by atoms with van der Waals surface area (Å²) in [6, 6.07) is 14.8. The molecule has 0 radical (unpaired) electrons. The fraction of sp³-hybridized carbons (Fsp3) is 0.111. The molecule has 0 aliphatic carbocycles. The van der Waals surface area contributed by atoms with Crippen LogP contribution in [0.1, 0.15) is 21.7 Å². The van der Waals surface area contributed by atoms with Gasteiger partial charge in [0, 0.05) is 16.3 Å². The Morgan fingerprint density at radius 3 is 2.65 bits per heavy atom. The summed E-state index contributed by atoms with van der Waals surface area (Å²) in [5.74, 6) is 0.207. The molecule has 3 aromatic rings. The number of anilines is 1. The minimum absolute atomic E-state index is 0.256. The fourth-order valence-electron chi connectivity index (χ4n) is 2.37. The summed E-state index contributed by atoms with van der Waals surface area (Å²) in [7, 11) is 0. The van der Waals surface area contributed by atoms with Crippen LogP contribution in [0.2, 0.25) is 5.02 Å². The van der Waals surface area contributed by atoms with Crippen LogP contribution in [-0.4, -0.2) is 11.1 Å². The van der Waals surface area contributed by atoms with E-state index in [1.54, 1.807) is 19.1 Å². The highest BCUT2D eigenvalue weighted by Crippen LogP contribution is 2.28. The van der Waals surface area contributed by atoms with Crippen molar-refractivity contribution in [3.63, 3.8) is 0 Å². The molecule has 1 amide bonds. The zero-order valence-corrected chi connectivity index (χ0v) is 13.5. The molecule has 0 bridgehead atoms. The van der Waals surface area contributed by atoms with Crippen molar-refractivity contribution in [2.45, 2.75) is 13.8 Å². The van der Waals surface area contributed by atoms with Crippen molar-refractivity contribution in [1.29, 1.82) is 0 Å². The first kappa shape index (κ1) is 15.3. The van der Waals surface area contributed by atoms with E-state index >= 15 is 0 Å². The molecule has 2 aromatic carbocycles. The summed E-state index contributed by atoms with van der Waals surface area (Å²) in [4.78, 5) is 12.7. The summed E-state index contributed by atoms with van der Waals surface area (Å²) < 4.78 is 5.23. The molecule has 0 unspecified atom stereocenters. The Morgan fingerprint density at radius 1 is 1.13 bits per heavy atom. The van der Waals surface area contributed by atoms with Crippen LogP contribution in [0.15, 0.2) is 53.1 Å². The molecule has 0 aliphatic heterocycles. The average molecular weight is 327 g/mol. The Hall–Kier alpha value is -2.59. The Balaban J connectivity index is 1.99. The van der Waals surface area contributed by atoms with E-state index in [2.05, 4.69) is 10.5 Å². The number of hydrogen-bond acceptors (Lipinski definition) is 3. The number of halogens is 1. The summed E-state index contributed by atoms with van der Waals surface area (Å²) in [5, 5.41) is 7.50. The molecule has 1 aromatic heterocycles. The highest BCUT2D eigenvalue weighted by molar-refractivity contribution is 6.30. The highest BCUT2D eigenvalue weighted by atomic mass is 35.5. The van der Waals surface area contributed by atoms with E-state index in [-0.39, 0.29) is 5.91 Å². The topological polar surface area (TPSA) is 55.1 Å². The number of benzene rings is 2. The number of para-hydroxylation sites is 1. The Kier molecular flexibility index (Phi) is 4.17. The van der Waals surface area contributed by atoms with Crippen molar-refractivity contribution in [2.24, 2.45) is 0 Å². The molecule has 0 saturated heterocycles. The molecule has 0 fully saturated rings. The quantitative estimate of drug-likeness (QED) is 0.747. The van der Waals surface area contributed by atoms with E-state index < -0.39 is 0 Å². The second-order valence-corrected chi connectivity index (χ2v) is 5.68. The molecule has 3 rings (SSSR count). The van der Waals surface area contributed by atoms with Gasteiger partial charge in [-0.1, -0.05) is 47.1 Å². The number of carbonyl (C=O) groups excluding carboxylic acids is 1. The van der Waals surface area contributed by atoms with Gasteiger partial charge in [0.25, 0.3) is 5.91 Å². The Morgan fingerprint density at radius 2 is 1.91 bits per heavy atom. The lowest BCUT2D eigenvalue weighted by Crippen LogP contribution is -2.14. The Labute approximate surface area is 139 Å². The molecule has 116 valence electrons. The van der Waals surface area contributed by atoms with Gasteiger partial charge >= 0.3 is 0 Å². The number of hydrogen-bond donors (Lipinski definition) is 1. The number of rotatable bonds is 3. The molecular weight excluding hydrogens is 312 g/mol. The van der Waals surface area contributed by atoms with Gasteiger partial charge in [0.15, 0.2) is 0 Å². The van der Waals surface area contributed by atoms with E-state index in [0.717, 1.165) is 16.8 Å². The zero-order valence-electron chi connectivity index (χ0n) is 12.8. The van der Waals surface area contributed by atoms with Gasteiger partial charge < -0.3 is 9.84 Å². The summed E-state index contributed by atoms with van der Waals surface area (Å²) in [5.41, 5.74) is 3.38. The van der Waals surface area contributed by atoms with Crippen molar-refractivity contribution in [2.75, 3.05) is 5.32 Å². The lowest BCUT2D eigenvalue weighted by atomic mass is 10.1. The maximum absolute atomic E-state index is 12.7. The number of carbonyl (C=O) groups is 1. The van der Waals surface area contributed by atoms with Crippen LogP contribution in [0.3, 0.4) is 0 Å². The van der Waals surface area contributed by atoms with Gasteiger partial charge in [-0.05, 0) is 37.6 Å². The van der Waals surface area contributed by atoms with Crippen LogP contribution in [-0.2, 0) is 0 Å². The molecule has 4 nitrogen and oxygen atoms in total. The smallest absolute Gasteiger partial charge is 0.261 e. The lowest BCUT2D eigenvalue weighted by molar-refractivity contribution is 0.102.